The Morgan fingerprint density at radius 3 is 2.77 bits per heavy atom. The number of hydrogen-bond donors (Lipinski definition) is 1. The summed E-state index contributed by atoms with van der Waals surface area (Å²) in [5.74, 6) is -0.956. The Kier molecular flexibility index (Phi) is 5.24. The fourth-order valence-corrected chi connectivity index (χ4v) is 4.12. The molecule has 0 aromatic heterocycles. The van der Waals surface area contributed by atoms with Gasteiger partial charge in [-0.25, -0.2) is 12.8 Å². The van der Waals surface area contributed by atoms with Crippen molar-refractivity contribution in [3.05, 3.63) is 53.8 Å². The van der Waals surface area contributed by atoms with Crippen molar-refractivity contribution in [3.8, 4) is 0 Å². The zero-order valence-electron chi connectivity index (χ0n) is 14.2. The maximum Gasteiger partial charge on any atom is 0.264 e. The molecule has 0 saturated heterocycles. The molecule has 3 rings (SSSR count). The highest BCUT2D eigenvalue weighted by Gasteiger charge is 2.24. The zero-order chi connectivity index (χ0) is 18.7. The number of hydrogen-bond acceptors (Lipinski definition) is 4. The molecule has 2 aromatic carbocycles. The van der Waals surface area contributed by atoms with Crippen LogP contribution in [0.2, 0.25) is 0 Å². The van der Waals surface area contributed by atoms with E-state index >= 15 is 0 Å². The van der Waals surface area contributed by atoms with Crippen LogP contribution < -0.4 is 9.62 Å². The SMILES string of the molecule is COCC(=O)N1CCCc2cc(NS(=O)(=O)c3ccccc3F)ccc21. The Balaban J connectivity index is 1.88. The molecular weight excluding hydrogens is 359 g/mol. The molecule has 0 saturated carbocycles. The quantitative estimate of drug-likeness (QED) is 0.868. The van der Waals surface area contributed by atoms with Gasteiger partial charge in [-0.05, 0) is 48.7 Å². The predicted molar refractivity (Wildman–Crippen MR) is 96.2 cm³/mol. The van der Waals surface area contributed by atoms with E-state index in [1.807, 2.05) is 0 Å². The molecule has 0 atom stereocenters. The maximum atomic E-state index is 13.8. The van der Waals surface area contributed by atoms with Crippen LogP contribution in [0, 0.1) is 5.82 Å². The molecule has 1 amide bonds. The van der Waals surface area contributed by atoms with E-state index < -0.39 is 20.7 Å². The molecule has 8 heteroatoms. The van der Waals surface area contributed by atoms with E-state index in [0.29, 0.717) is 12.2 Å². The van der Waals surface area contributed by atoms with Crippen LogP contribution in [0.1, 0.15) is 12.0 Å². The molecule has 1 N–H and O–H groups in total. The van der Waals surface area contributed by atoms with E-state index in [4.69, 9.17) is 4.74 Å². The molecule has 138 valence electrons. The van der Waals surface area contributed by atoms with Gasteiger partial charge in [0.1, 0.15) is 17.3 Å². The molecule has 2 aromatic rings. The number of anilines is 2. The second-order valence-electron chi connectivity index (χ2n) is 5.96. The maximum absolute atomic E-state index is 13.8. The van der Waals surface area contributed by atoms with Crippen LogP contribution in [0.5, 0.6) is 0 Å². The summed E-state index contributed by atoms with van der Waals surface area (Å²) in [6.07, 6.45) is 1.49. The first-order valence-electron chi connectivity index (χ1n) is 8.12. The van der Waals surface area contributed by atoms with Gasteiger partial charge in [0.05, 0.1) is 0 Å². The van der Waals surface area contributed by atoms with E-state index in [1.54, 1.807) is 23.1 Å². The Morgan fingerprint density at radius 1 is 1.27 bits per heavy atom. The number of ether oxygens (including phenoxy) is 1. The van der Waals surface area contributed by atoms with Crippen LogP contribution in [0.3, 0.4) is 0 Å². The number of benzene rings is 2. The normalized spacial score (nSPS) is 14.0. The topological polar surface area (TPSA) is 75.7 Å². The molecule has 0 bridgehead atoms. The number of nitrogens with one attached hydrogen (secondary N) is 1. The van der Waals surface area contributed by atoms with Gasteiger partial charge in [0.25, 0.3) is 15.9 Å². The van der Waals surface area contributed by atoms with Gasteiger partial charge in [-0.2, -0.15) is 0 Å². The minimum absolute atomic E-state index is 0.0128. The van der Waals surface area contributed by atoms with Crippen molar-refractivity contribution < 1.29 is 22.3 Å². The second kappa shape index (κ2) is 7.43. The second-order valence-corrected chi connectivity index (χ2v) is 7.61. The number of amides is 1. The van der Waals surface area contributed by atoms with Crippen molar-refractivity contribution in [1.29, 1.82) is 0 Å². The number of carbonyl (C=O) groups is 1. The van der Waals surface area contributed by atoms with Gasteiger partial charge < -0.3 is 9.64 Å². The lowest BCUT2D eigenvalue weighted by Gasteiger charge is -2.29. The summed E-state index contributed by atoms with van der Waals surface area (Å²) >= 11 is 0. The fourth-order valence-electron chi connectivity index (χ4n) is 2.99. The third-order valence-corrected chi connectivity index (χ3v) is 5.56. The minimum Gasteiger partial charge on any atom is -0.375 e. The molecule has 0 unspecified atom stereocenters. The third-order valence-electron chi connectivity index (χ3n) is 4.15. The number of fused-ring (bicyclic) bond motifs is 1. The molecule has 1 heterocycles. The highest BCUT2D eigenvalue weighted by molar-refractivity contribution is 7.92. The van der Waals surface area contributed by atoms with Crippen LogP contribution in [0.15, 0.2) is 47.4 Å². The average molecular weight is 378 g/mol. The Morgan fingerprint density at radius 2 is 2.04 bits per heavy atom. The lowest BCUT2D eigenvalue weighted by molar-refractivity contribution is -0.122. The number of aryl methyl sites for hydroxylation is 1. The van der Waals surface area contributed by atoms with Crippen LogP contribution in [-0.4, -0.2) is 34.6 Å². The summed E-state index contributed by atoms with van der Waals surface area (Å²) in [6, 6.07) is 10.1. The highest BCUT2D eigenvalue weighted by atomic mass is 32.2. The average Bonchev–Trinajstić information content (AvgIpc) is 2.61. The standard InChI is InChI=1S/C18H19FN2O4S/c1-25-12-18(22)21-10-4-5-13-11-14(8-9-16(13)21)20-26(23,24)17-7-3-2-6-15(17)19/h2-3,6-9,11,20H,4-5,10,12H2,1H3. The molecule has 6 nitrogen and oxygen atoms in total. The van der Waals surface area contributed by atoms with E-state index in [1.165, 1.54) is 25.3 Å². The first-order valence-corrected chi connectivity index (χ1v) is 9.60. The minimum atomic E-state index is -4.03. The van der Waals surface area contributed by atoms with Crippen LogP contribution >= 0.6 is 0 Å². The number of sulfonamides is 1. The molecule has 0 spiro atoms. The largest absolute Gasteiger partial charge is 0.375 e. The number of carbonyl (C=O) groups excluding carboxylic acids is 1. The highest BCUT2D eigenvalue weighted by Crippen LogP contribution is 2.30. The van der Waals surface area contributed by atoms with Crippen molar-refractivity contribution in [2.24, 2.45) is 0 Å². The van der Waals surface area contributed by atoms with Gasteiger partial charge in [0.2, 0.25) is 0 Å². The molecule has 0 radical (unpaired) electrons. The first-order chi connectivity index (χ1) is 12.4. The molecule has 1 aliphatic rings. The van der Waals surface area contributed by atoms with Gasteiger partial charge in [-0.1, -0.05) is 12.1 Å². The number of nitrogens with zero attached hydrogens (tertiary/aromatic N) is 1. The van der Waals surface area contributed by atoms with E-state index in [9.17, 15) is 17.6 Å². The zero-order valence-corrected chi connectivity index (χ0v) is 15.1. The number of halogens is 1. The lowest BCUT2D eigenvalue weighted by Crippen LogP contribution is -2.37. The molecule has 26 heavy (non-hydrogen) atoms. The van der Waals surface area contributed by atoms with Crippen LogP contribution in [-0.2, 0) is 26.0 Å². The molecule has 1 aliphatic heterocycles. The molecular formula is C18H19FN2O4S. The van der Waals surface area contributed by atoms with Gasteiger partial charge in [0.15, 0.2) is 0 Å². The lowest BCUT2D eigenvalue weighted by atomic mass is 10.0. The fraction of sp³-hybridized carbons (Fsp3) is 0.278. The van der Waals surface area contributed by atoms with Gasteiger partial charge in [-0.15, -0.1) is 0 Å². The Bertz CT molecular complexity index is 931. The van der Waals surface area contributed by atoms with Crippen molar-refractivity contribution in [3.63, 3.8) is 0 Å². The van der Waals surface area contributed by atoms with Gasteiger partial charge in [-0.3, -0.25) is 9.52 Å². The van der Waals surface area contributed by atoms with E-state index in [-0.39, 0.29) is 12.5 Å². The van der Waals surface area contributed by atoms with Crippen LogP contribution in [0.4, 0.5) is 15.8 Å². The molecule has 0 aliphatic carbocycles. The predicted octanol–water partition coefficient (Wildman–Crippen LogP) is 2.55. The Labute approximate surface area is 151 Å². The number of rotatable bonds is 5. The van der Waals surface area contributed by atoms with Gasteiger partial charge >= 0.3 is 0 Å². The van der Waals surface area contributed by atoms with Crippen molar-refractivity contribution in [2.45, 2.75) is 17.7 Å². The summed E-state index contributed by atoms with van der Waals surface area (Å²) in [5, 5.41) is 0. The summed E-state index contributed by atoms with van der Waals surface area (Å²) in [6.45, 7) is 0.580. The van der Waals surface area contributed by atoms with Gasteiger partial charge in [0, 0.05) is 25.0 Å². The summed E-state index contributed by atoms with van der Waals surface area (Å²) < 4.78 is 45.9. The van der Waals surface area contributed by atoms with Crippen LogP contribution in [0.25, 0.3) is 0 Å². The first kappa shape index (κ1) is 18.3. The van der Waals surface area contributed by atoms with E-state index in [2.05, 4.69) is 4.72 Å². The summed E-state index contributed by atoms with van der Waals surface area (Å²) in [4.78, 5) is 13.4. The van der Waals surface area contributed by atoms with Crippen molar-refractivity contribution >= 4 is 27.3 Å². The van der Waals surface area contributed by atoms with Crippen molar-refractivity contribution in [1.82, 2.24) is 0 Å². The smallest absolute Gasteiger partial charge is 0.264 e. The molecule has 0 fully saturated rings. The third kappa shape index (κ3) is 3.71. The summed E-state index contributed by atoms with van der Waals surface area (Å²) in [7, 11) is -2.57. The Hall–Kier alpha value is -2.45. The summed E-state index contributed by atoms with van der Waals surface area (Å²) in [5.41, 5.74) is 1.93. The van der Waals surface area contributed by atoms with E-state index in [0.717, 1.165) is 30.2 Å². The monoisotopic (exact) mass is 378 g/mol. The number of methoxy groups -OCH3 is 1. The van der Waals surface area contributed by atoms with Crippen molar-refractivity contribution in [2.75, 3.05) is 29.9 Å².